The highest BCUT2D eigenvalue weighted by Crippen LogP contribution is 2.32. The molecule has 0 aromatic heterocycles. The van der Waals surface area contributed by atoms with Crippen LogP contribution in [0.5, 0.6) is 0 Å². The summed E-state index contributed by atoms with van der Waals surface area (Å²) in [6.07, 6.45) is -5.24. The summed E-state index contributed by atoms with van der Waals surface area (Å²) in [5.41, 5.74) is 1.13. The molecule has 0 bridgehead atoms. The first kappa shape index (κ1) is 14.8. The molecule has 0 saturated carbocycles. The van der Waals surface area contributed by atoms with E-state index in [0.29, 0.717) is 20.5 Å². The first-order valence-corrected chi connectivity index (χ1v) is 6.38. The molecule has 1 aromatic carbocycles. The molecule has 0 spiro atoms. The van der Waals surface area contributed by atoms with Gasteiger partial charge in [0.25, 0.3) is 0 Å². The molecule has 20 heavy (non-hydrogen) atoms. The van der Waals surface area contributed by atoms with Gasteiger partial charge in [0, 0.05) is 17.4 Å². The van der Waals surface area contributed by atoms with E-state index in [1.54, 1.807) is 18.2 Å². The number of carbonyl (C=O) groups excluding carboxylic acids is 1. The Morgan fingerprint density at radius 3 is 2.55 bits per heavy atom. The molecule has 1 N–H and O–H groups in total. The molecule has 1 aromatic rings. The quantitative estimate of drug-likeness (QED) is 0.844. The zero-order valence-corrected chi connectivity index (χ0v) is 11.5. The lowest BCUT2D eigenvalue weighted by Crippen LogP contribution is -2.53. The van der Waals surface area contributed by atoms with E-state index in [0.717, 1.165) is 0 Å². The van der Waals surface area contributed by atoms with Crippen molar-refractivity contribution in [1.82, 2.24) is 4.90 Å². The Labute approximate surface area is 120 Å². The molecule has 1 atom stereocenters. The first-order valence-electron chi connectivity index (χ1n) is 5.58. The van der Waals surface area contributed by atoms with Crippen molar-refractivity contribution in [1.29, 1.82) is 0 Å². The van der Waals surface area contributed by atoms with Gasteiger partial charge in [-0.2, -0.15) is 13.2 Å². The standard InChI is InChI=1S/C12H9BrF3NO3/c13-8-3-1-2-6-4-9(10(18)19)17(5-7(6)8)11(20)12(14,15)16/h1-3,9H,4-5H2,(H,18,19). The highest BCUT2D eigenvalue weighted by Gasteiger charge is 2.47. The van der Waals surface area contributed by atoms with E-state index in [9.17, 15) is 22.8 Å². The molecule has 1 aliphatic rings. The largest absolute Gasteiger partial charge is 0.480 e. The highest BCUT2D eigenvalue weighted by molar-refractivity contribution is 9.10. The third-order valence-electron chi connectivity index (χ3n) is 3.12. The van der Waals surface area contributed by atoms with Crippen LogP contribution < -0.4 is 0 Å². The summed E-state index contributed by atoms with van der Waals surface area (Å²) in [5, 5.41) is 9.05. The van der Waals surface area contributed by atoms with Crippen LogP contribution in [-0.2, 0) is 22.6 Å². The fourth-order valence-corrected chi connectivity index (χ4v) is 2.70. The lowest BCUT2D eigenvalue weighted by atomic mass is 9.94. The van der Waals surface area contributed by atoms with Crippen LogP contribution in [0.3, 0.4) is 0 Å². The molecule has 0 saturated heterocycles. The van der Waals surface area contributed by atoms with Gasteiger partial charge in [-0.05, 0) is 17.2 Å². The number of carboxylic acid groups (broad SMARTS) is 1. The van der Waals surface area contributed by atoms with Gasteiger partial charge in [-0.3, -0.25) is 4.79 Å². The third-order valence-corrected chi connectivity index (χ3v) is 3.87. The second kappa shape index (κ2) is 5.08. The lowest BCUT2D eigenvalue weighted by molar-refractivity contribution is -0.191. The second-order valence-corrected chi connectivity index (χ2v) is 5.22. The van der Waals surface area contributed by atoms with Crippen molar-refractivity contribution in [3.05, 3.63) is 33.8 Å². The second-order valence-electron chi connectivity index (χ2n) is 4.37. The molecular weight excluding hydrogens is 343 g/mol. The van der Waals surface area contributed by atoms with E-state index in [4.69, 9.17) is 5.11 Å². The van der Waals surface area contributed by atoms with Crippen molar-refractivity contribution in [2.24, 2.45) is 0 Å². The predicted molar refractivity (Wildman–Crippen MR) is 65.9 cm³/mol. The number of amides is 1. The number of aliphatic carboxylic acids is 1. The summed E-state index contributed by atoms with van der Waals surface area (Å²) < 4.78 is 38.2. The van der Waals surface area contributed by atoms with Gasteiger partial charge in [-0.15, -0.1) is 0 Å². The van der Waals surface area contributed by atoms with Crippen molar-refractivity contribution >= 4 is 27.8 Å². The fraction of sp³-hybridized carbons (Fsp3) is 0.333. The summed E-state index contributed by atoms with van der Waals surface area (Å²) in [5.74, 6) is -3.58. The molecule has 4 nitrogen and oxygen atoms in total. The number of halogens is 4. The van der Waals surface area contributed by atoms with E-state index in [1.807, 2.05) is 0 Å². The topological polar surface area (TPSA) is 57.6 Å². The molecule has 1 unspecified atom stereocenters. The minimum atomic E-state index is -5.09. The molecule has 0 radical (unpaired) electrons. The Hall–Kier alpha value is -1.57. The van der Waals surface area contributed by atoms with Crippen LogP contribution in [-0.4, -0.2) is 34.1 Å². The average molecular weight is 352 g/mol. The molecule has 8 heteroatoms. The molecular formula is C12H9BrF3NO3. The Balaban J connectivity index is 2.44. The van der Waals surface area contributed by atoms with Gasteiger partial charge in [-0.1, -0.05) is 28.1 Å². The summed E-state index contributed by atoms with van der Waals surface area (Å²) in [4.78, 5) is 22.9. The van der Waals surface area contributed by atoms with Crippen LogP contribution >= 0.6 is 15.9 Å². The number of fused-ring (bicyclic) bond motifs is 1. The minimum absolute atomic E-state index is 0.147. The molecule has 0 fully saturated rings. The first-order chi connectivity index (χ1) is 9.21. The number of hydrogen-bond acceptors (Lipinski definition) is 2. The zero-order valence-electron chi connectivity index (χ0n) is 9.95. The maximum atomic E-state index is 12.6. The van der Waals surface area contributed by atoms with Crippen molar-refractivity contribution in [3.63, 3.8) is 0 Å². The van der Waals surface area contributed by atoms with E-state index < -0.39 is 24.1 Å². The fourth-order valence-electron chi connectivity index (χ4n) is 2.17. The summed E-state index contributed by atoms with van der Waals surface area (Å²) in [7, 11) is 0. The molecule has 1 aliphatic heterocycles. The van der Waals surface area contributed by atoms with Crippen LogP contribution in [0.1, 0.15) is 11.1 Å². The summed E-state index contributed by atoms with van der Waals surface area (Å²) in [6, 6.07) is 3.44. The molecule has 108 valence electrons. The lowest BCUT2D eigenvalue weighted by Gasteiger charge is -2.35. The molecule has 2 rings (SSSR count). The smallest absolute Gasteiger partial charge is 0.471 e. The maximum absolute atomic E-state index is 12.6. The van der Waals surface area contributed by atoms with E-state index in [-0.39, 0.29) is 13.0 Å². The van der Waals surface area contributed by atoms with Gasteiger partial charge >= 0.3 is 18.1 Å². The van der Waals surface area contributed by atoms with Gasteiger partial charge in [0.1, 0.15) is 6.04 Å². The molecule has 1 amide bonds. The Bertz CT molecular complexity index is 574. The molecule has 0 aliphatic carbocycles. The van der Waals surface area contributed by atoms with E-state index in [1.165, 1.54) is 0 Å². The Morgan fingerprint density at radius 2 is 2.00 bits per heavy atom. The van der Waals surface area contributed by atoms with Crippen LogP contribution in [0.25, 0.3) is 0 Å². The number of rotatable bonds is 1. The number of benzene rings is 1. The highest BCUT2D eigenvalue weighted by atomic mass is 79.9. The van der Waals surface area contributed by atoms with Crippen LogP contribution in [0.15, 0.2) is 22.7 Å². The van der Waals surface area contributed by atoms with Crippen LogP contribution in [0.4, 0.5) is 13.2 Å². The summed E-state index contributed by atoms with van der Waals surface area (Å²) >= 11 is 3.20. The Kier molecular flexibility index (Phi) is 3.77. The van der Waals surface area contributed by atoms with E-state index in [2.05, 4.69) is 15.9 Å². The van der Waals surface area contributed by atoms with Crippen LogP contribution in [0, 0.1) is 0 Å². The number of carboxylic acids is 1. The van der Waals surface area contributed by atoms with Crippen molar-refractivity contribution in [2.75, 3.05) is 0 Å². The monoisotopic (exact) mass is 351 g/mol. The van der Waals surface area contributed by atoms with Gasteiger partial charge < -0.3 is 10.0 Å². The van der Waals surface area contributed by atoms with Gasteiger partial charge in [0.2, 0.25) is 0 Å². The van der Waals surface area contributed by atoms with Crippen molar-refractivity contribution < 1.29 is 27.9 Å². The van der Waals surface area contributed by atoms with Gasteiger partial charge in [-0.25, -0.2) is 4.79 Å². The van der Waals surface area contributed by atoms with Gasteiger partial charge in [0.15, 0.2) is 0 Å². The normalized spacial score (nSPS) is 18.6. The zero-order chi connectivity index (χ0) is 15.1. The number of alkyl halides is 3. The predicted octanol–water partition coefficient (Wildman–Crippen LogP) is 2.35. The minimum Gasteiger partial charge on any atom is -0.480 e. The van der Waals surface area contributed by atoms with Crippen LogP contribution in [0.2, 0.25) is 0 Å². The Morgan fingerprint density at radius 1 is 1.35 bits per heavy atom. The maximum Gasteiger partial charge on any atom is 0.471 e. The number of carbonyl (C=O) groups is 2. The average Bonchev–Trinajstić information content (AvgIpc) is 2.36. The summed E-state index contributed by atoms with van der Waals surface area (Å²) in [6.45, 7) is -0.383. The number of hydrogen-bond donors (Lipinski definition) is 1. The number of nitrogens with zero attached hydrogens (tertiary/aromatic N) is 1. The molecule has 1 heterocycles. The van der Waals surface area contributed by atoms with Crippen molar-refractivity contribution in [2.45, 2.75) is 25.2 Å². The SMILES string of the molecule is O=C(O)C1Cc2cccc(Br)c2CN1C(=O)C(F)(F)F. The third kappa shape index (κ3) is 2.65. The van der Waals surface area contributed by atoms with Gasteiger partial charge in [0.05, 0.1) is 0 Å². The van der Waals surface area contributed by atoms with E-state index >= 15 is 0 Å². The van der Waals surface area contributed by atoms with Crippen molar-refractivity contribution in [3.8, 4) is 0 Å².